The van der Waals surface area contributed by atoms with E-state index in [2.05, 4.69) is 32.2 Å². The SMILES string of the molecule is CCNc1ccc(C(=O)N(Cc2cccs2)C(C)C)cc1. The van der Waals surface area contributed by atoms with Crippen LogP contribution < -0.4 is 5.32 Å². The first-order valence-electron chi connectivity index (χ1n) is 7.29. The molecule has 1 aromatic heterocycles. The fraction of sp³-hybridized carbons (Fsp3) is 0.353. The minimum atomic E-state index is 0.0847. The normalized spacial score (nSPS) is 10.7. The molecule has 2 aromatic rings. The lowest BCUT2D eigenvalue weighted by Gasteiger charge is -2.26. The summed E-state index contributed by atoms with van der Waals surface area (Å²) < 4.78 is 0. The summed E-state index contributed by atoms with van der Waals surface area (Å²) in [5.41, 5.74) is 1.78. The third kappa shape index (κ3) is 4.08. The molecule has 4 heteroatoms. The smallest absolute Gasteiger partial charge is 0.254 e. The second-order valence-corrected chi connectivity index (χ2v) is 6.25. The van der Waals surface area contributed by atoms with Crippen molar-refractivity contribution in [3.8, 4) is 0 Å². The summed E-state index contributed by atoms with van der Waals surface area (Å²) >= 11 is 1.69. The van der Waals surface area contributed by atoms with Gasteiger partial charge in [0.2, 0.25) is 0 Å². The summed E-state index contributed by atoms with van der Waals surface area (Å²) in [6.07, 6.45) is 0. The van der Waals surface area contributed by atoms with Crippen molar-refractivity contribution in [3.63, 3.8) is 0 Å². The van der Waals surface area contributed by atoms with Gasteiger partial charge in [0.25, 0.3) is 5.91 Å². The molecule has 0 atom stereocenters. The average molecular weight is 302 g/mol. The van der Waals surface area contributed by atoms with Crippen LogP contribution in [0.15, 0.2) is 41.8 Å². The third-order valence-corrected chi connectivity index (χ3v) is 4.16. The molecule has 0 spiro atoms. The maximum atomic E-state index is 12.7. The number of nitrogens with one attached hydrogen (secondary N) is 1. The number of carbonyl (C=O) groups is 1. The van der Waals surface area contributed by atoms with E-state index in [1.54, 1.807) is 11.3 Å². The molecule has 0 aliphatic carbocycles. The molecule has 0 saturated heterocycles. The third-order valence-electron chi connectivity index (χ3n) is 3.30. The predicted molar refractivity (Wildman–Crippen MR) is 89.9 cm³/mol. The van der Waals surface area contributed by atoms with Crippen LogP contribution in [0.1, 0.15) is 36.0 Å². The summed E-state index contributed by atoms with van der Waals surface area (Å²) in [6, 6.07) is 12.0. The number of thiophene rings is 1. The fourth-order valence-corrected chi connectivity index (χ4v) is 2.86. The molecular weight excluding hydrogens is 280 g/mol. The zero-order valence-electron chi connectivity index (χ0n) is 12.8. The van der Waals surface area contributed by atoms with Gasteiger partial charge in [0.1, 0.15) is 0 Å². The highest BCUT2D eigenvalue weighted by Gasteiger charge is 2.19. The van der Waals surface area contributed by atoms with Gasteiger partial charge in [-0.25, -0.2) is 0 Å². The van der Waals surface area contributed by atoms with Crippen LogP contribution in [0.2, 0.25) is 0 Å². The minimum Gasteiger partial charge on any atom is -0.385 e. The fourth-order valence-electron chi connectivity index (χ4n) is 2.16. The predicted octanol–water partition coefficient (Wildman–Crippen LogP) is 4.23. The molecule has 1 N–H and O–H groups in total. The van der Waals surface area contributed by atoms with Gasteiger partial charge in [-0.3, -0.25) is 4.79 Å². The Bertz CT molecular complexity index is 561. The highest BCUT2D eigenvalue weighted by atomic mass is 32.1. The van der Waals surface area contributed by atoms with Gasteiger partial charge < -0.3 is 10.2 Å². The second-order valence-electron chi connectivity index (χ2n) is 5.21. The number of carbonyl (C=O) groups excluding carboxylic acids is 1. The van der Waals surface area contributed by atoms with Gasteiger partial charge in [0.05, 0.1) is 6.54 Å². The summed E-state index contributed by atoms with van der Waals surface area (Å²) in [5, 5.41) is 5.28. The van der Waals surface area contributed by atoms with Gasteiger partial charge in [-0.15, -0.1) is 11.3 Å². The van der Waals surface area contributed by atoms with E-state index in [0.29, 0.717) is 6.54 Å². The first kappa shape index (κ1) is 15.6. The van der Waals surface area contributed by atoms with E-state index in [1.165, 1.54) is 4.88 Å². The second kappa shape index (κ2) is 7.27. The molecule has 0 unspecified atom stereocenters. The van der Waals surface area contributed by atoms with Crippen molar-refractivity contribution in [2.75, 3.05) is 11.9 Å². The van der Waals surface area contributed by atoms with Crippen LogP contribution >= 0.6 is 11.3 Å². The Hall–Kier alpha value is -1.81. The molecule has 0 bridgehead atoms. The molecule has 0 aliphatic rings. The standard InChI is InChI=1S/C17H22N2OS/c1-4-18-15-9-7-14(8-10-15)17(20)19(13(2)3)12-16-6-5-11-21-16/h5-11,13,18H,4,12H2,1-3H3. The Kier molecular flexibility index (Phi) is 5.39. The lowest BCUT2D eigenvalue weighted by molar-refractivity contribution is 0.0692. The number of benzene rings is 1. The Morgan fingerprint density at radius 2 is 1.95 bits per heavy atom. The number of rotatable bonds is 6. The van der Waals surface area contributed by atoms with Gasteiger partial charge in [-0.1, -0.05) is 6.07 Å². The molecular formula is C17H22N2OS. The quantitative estimate of drug-likeness (QED) is 0.866. The number of nitrogens with zero attached hydrogens (tertiary/aromatic N) is 1. The Morgan fingerprint density at radius 1 is 1.24 bits per heavy atom. The molecule has 3 nitrogen and oxygen atoms in total. The van der Waals surface area contributed by atoms with Crippen molar-refractivity contribution in [2.45, 2.75) is 33.4 Å². The van der Waals surface area contributed by atoms with Crippen LogP contribution in [0.4, 0.5) is 5.69 Å². The Morgan fingerprint density at radius 3 is 2.48 bits per heavy atom. The Balaban J connectivity index is 2.14. The molecule has 21 heavy (non-hydrogen) atoms. The van der Waals surface area contributed by atoms with E-state index in [1.807, 2.05) is 40.6 Å². The molecule has 1 aromatic carbocycles. The summed E-state index contributed by atoms with van der Waals surface area (Å²) in [6.45, 7) is 7.71. The van der Waals surface area contributed by atoms with E-state index < -0.39 is 0 Å². The first-order valence-corrected chi connectivity index (χ1v) is 8.17. The highest BCUT2D eigenvalue weighted by Crippen LogP contribution is 2.18. The van der Waals surface area contributed by atoms with E-state index in [4.69, 9.17) is 0 Å². The topological polar surface area (TPSA) is 32.3 Å². The zero-order valence-corrected chi connectivity index (χ0v) is 13.6. The van der Waals surface area contributed by atoms with Crippen LogP contribution in [0.25, 0.3) is 0 Å². The van der Waals surface area contributed by atoms with Gasteiger partial charge >= 0.3 is 0 Å². The van der Waals surface area contributed by atoms with E-state index >= 15 is 0 Å². The lowest BCUT2D eigenvalue weighted by atomic mass is 10.1. The average Bonchev–Trinajstić information content (AvgIpc) is 2.98. The molecule has 2 rings (SSSR count). The first-order chi connectivity index (χ1) is 10.1. The van der Waals surface area contributed by atoms with Crippen molar-refractivity contribution < 1.29 is 4.79 Å². The van der Waals surface area contributed by atoms with Crippen LogP contribution in [-0.2, 0) is 6.54 Å². The zero-order chi connectivity index (χ0) is 15.2. The minimum absolute atomic E-state index is 0.0847. The molecule has 0 saturated carbocycles. The van der Waals surface area contributed by atoms with E-state index in [9.17, 15) is 4.79 Å². The summed E-state index contributed by atoms with van der Waals surface area (Å²) in [4.78, 5) is 15.8. The molecule has 1 heterocycles. The number of hydrogen-bond donors (Lipinski definition) is 1. The van der Waals surface area contributed by atoms with E-state index in [0.717, 1.165) is 17.8 Å². The van der Waals surface area contributed by atoms with Gasteiger partial charge in [-0.2, -0.15) is 0 Å². The summed E-state index contributed by atoms with van der Waals surface area (Å²) in [7, 11) is 0. The maximum Gasteiger partial charge on any atom is 0.254 e. The number of hydrogen-bond acceptors (Lipinski definition) is 3. The van der Waals surface area contributed by atoms with Gasteiger partial charge in [0.15, 0.2) is 0 Å². The van der Waals surface area contributed by atoms with Crippen LogP contribution in [0.3, 0.4) is 0 Å². The number of amides is 1. The van der Waals surface area contributed by atoms with Crippen molar-refractivity contribution in [2.24, 2.45) is 0 Å². The van der Waals surface area contributed by atoms with Gasteiger partial charge in [-0.05, 0) is 56.5 Å². The molecule has 112 valence electrons. The van der Waals surface area contributed by atoms with Crippen molar-refractivity contribution in [1.82, 2.24) is 4.90 Å². The maximum absolute atomic E-state index is 12.7. The Labute approximate surface area is 130 Å². The molecule has 0 radical (unpaired) electrons. The summed E-state index contributed by atoms with van der Waals surface area (Å²) in [5.74, 6) is 0.0847. The largest absolute Gasteiger partial charge is 0.385 e. The van der Waals surface area contributed by atoms with Crippen molar-refractivity contribution >= 4 is 22.9 Å². The molecule has 1 amide bonds. The van der Waals surface area contributed by atoms with Crippen molar-refractivity contribution in [3.05, 3.63) is 52.2 Å². The van der Waals surface area contributed by atoms with Gasteiger partial charge in [0, 0.05) is 28.7 Å². The van der Waals surface area contributed by atoms with E-state index in [-0.39, 0.29) is 11.9 Å². The van der Waals surface area contributed by atoms with Crippen molar-refractivity contribution in [1.29, 1.82) is 0 Å². The highest BCUT2D eigenvalue weighted by molar-refractivity contribution is 7.09. The lowest BCUT2D eigenvalue weighted by Crippen LogP contribution is -2.36. The van der Waals surface area contributed by atoms with Crippen LogP contribution in [0.5, 0.6) is 0 Å². The number of anilines is 1. The molecule has 0 fully saturated rings. The monoisotopic (exact) mass is 302 g/mol. The molecule has 0 aliphatic heterocycles. The van der Waals surface area contributed by atoms with Crippen LogP contribution in [-0.4, -0.2) is 23.4 Å². The van der Waals surface area contributed by atoms with Crippen LogP contribution in [0, 0.1) is 0 Å².